The van der Waals surface area contributed by atoms with E-state index < -0.39 is 49.8 Å². The molecule has 4 aromatic heterocycles. The van der Waals surface area contributed by atoms with Gasteiger partial charge in [0.25, 0.3) is 23.6 Å². The highest BCUT2D eigenvalue weighted by atomic mass is 32.1. The number of anilines is 5. The van der Waals surface area contributed by atoms with E-state index in [2.05, 4.69) is 49.4 Å². The van der Waals surface area contributed by atoms with Gasteiger partial charge >= 0.3 is 7.82 Å². The number of nitrogens with one attached hydrogen (secondary N) is 1. The zero-order valence-corrected chi connectivity index (χ0v) is 45.8. The molecule has 0 saturated carbocycles. The molecule has 78 heavy (non-hydrogen) atoms. The van der Waals surface area contributed by atoms with Crippen molar-refractivity contribution in [2.45, 2.75) is 122 Å². The Bertz CT molecular complexity index is 3280. The molecule has 6 atom stereocenters. The Labute approximate surface area is 455 Å². The summed E-state index contributed by atoms with van der Waals surface area (Å²) in [6, 6.07) is 12.1. The molecule has 1 aliphatic carbocycles. The minimum atomic E-state index is -5.07. The van der Waals surface area contributed by atoms with Crippen LogP contribution in [0.15, 0.2) is 61.1 Å². The molecule has 23 heteroatoms. The largest absolute Gasteiger partial charge is 0.480 e. The molecule has 0 bridgehead atoms. The first-order valence-corrected chi connectivity index (χ1v) is 29.0. The molecule has 5 amide bonds. The topological polar surface area (TPSA) is 252 Å². The number of phosphoric ester groups is 1. The molecule has 6 aliphatic rings. The lowest BCUT2D eigenvalue weighted by Crippen LogP contribution is -2.58. The molecular weight excluding hydrogens is 1040 g/mol. The quantitative estimate of drug-likeness (QED) is 0.0714. The standard InChI is InChI=1S/C55H63N10O11PS/c1-30-24-35(17-20-61(30)36-10-12-41-42(26-36)53(69)65(52(41)68)44-13-15-47(67)64(54(44)70)33(4)76-77(72,73)74)60-22-23-62(31(2)29-60)37-11-14-46(57-28-37)59-43-25-34(27-58-51(43)75-5)38-16-19-56-50(48(38)32(3)66)63-21-18-40-39-8-6-7-9-45(39)78-49(40)55(63)71/h10-12,14,16,19,25-28,30-33,35,44,66H,6-9,13,15,17-18,20-24,29H2,1-5H3,(H,57,59)(H2,72,73,74)/t30-,31-,32?,33?,35?,44?/m0/s1. The Hall–Kier alpha value is -6.65. The Kier molecular flexibility index (Phi) is 14.5. The smallest absolute Gasteiger partial charge is 0.471 e. The number of thiophene rings is 1. The maximum atomic E-state index is 14.1. The van der Waals surface area contributed by atoms with Crippen LogP contribution >= 0.6 is 19.2 Å². The number of aromatic nitrogens is 3. The fourth-order valence-electron chi connectivity index (χ4n) is 12.6. The number of benzene rings is 1. The fraction of sp³-hybridized carbons (Fsp3) is 0.455. The zero-order valence-electron chi connectivity index (χ0n) is 44.1. The Balaban J connectivity index is 0.718. The van der Waals surface area contributed by atoms with Crippen molar-refractivity contribution in [2.24, 2.45) is 0 Å². The van der Waals surface area contributed by atoms with E-state index in [0.29, 0.717) is 63.9 Å². The molecule has 0 radical (unpaired) electrons. The van der Waals surface area contributed by atoms with Crippen LogP contribution in [0.1, 0.15) is 124 Å². The summed E-state index contributed by atoms with van der Waals surface area (Å²) in [6.45, 7) is 10.9. The minimum absolute atomic E-state index is 0.0652. The molecular formula is C55H63N10O11PS. The molecule has 4 N–H and O–H groups in total. The summed E-state index contributed by atoms with van der Waals surface area (Å²) >= 11 is 1.62. The molecule has 9 heterocycles. The molecule has 3 fully saturated rings. The number of piperidine rings is 2. The summed E-state index contributed by atoms with van der Waals surface area (Å²) in [4.78, 5) is 113. The van der Waals surface area contributed by atoms with Crippen LogP contribution in [0.4, 0.5) is 28.7 Å². The number of aliphatic hydroxyl groups excluding tert-OH is 1. The number of pyridine rings is 3. The number of methoxy groups -OCH3 is 1. The van der Waals surface area contributed by atoms with Gasteiger partial charge in [0.15, 0.2) is 0 Å². The molecule has 5 aliphatic heterocycles. The third-order valence-corrected chi connectivity index (χ3v) is 18.2. The van der Waals surface area contributed by atoms with Crippen LogP contribution in [0.25, 0.3) is 11.1 Å². The van der Waals surface area contributed by atoms with E-state index >= 15 is 0 Å². The second-order valence-corrected chi connectivity index (χ2v) is 23.4. The number of phosphoric acid groups is 1. The lowest BCUT2D eigenvalue weighted by Gasteiger charge is -2.48. The van der Waals surface area contributed by atoms with Crippen LogP contribution < -0.4 is 24.8 Å². The highest BCUT2D eigenvalue weighted by Gasteiger charge is 2.49. The van der Waals surface area contributed by atoms with E-state index in [9.17, 15) is 43.4 Å². The van der Waals surface area contributed by atoms with Crippen molar-refractivity contribution in [2.75, 3.05) is 59.9 Å². The van der Waals surface area contributed by atoms with E-state index in [4.69, 9.17) is 14.7 Å². The second-order valence-electron chi connectivity index (χ2n) is 21.1. The highest BCUT2D eigenvalue weighted by molar-refractivity contribution is 7.46. The monoisotopic (exact) mass is 1100 g/mol. The maximum absolute atomic E-state index is 14.1. The maximum Gasteiger partial charge on any atom is 0.471 e. The SMILES string of the molecule is COc1ncc(-c2ccnc(N3CCc4c(sc5c4CCCC5)C3=O)c2C(C)O)cc1Nc1ccc(N2CCN(C3CCN(c4ccc5c(c4)C(=O)N(C4CCC(=O)N(C(C)OP(=O)(O)O)C4=O)C5=O)[C@@H](C)C3)C[C@@H]2C)cn1. The zero-order chi connectivity index (χ0) is 54.9. The molecule has 3 saturated heterocycles. The van der Waals surface area contributed by atoms with Gasteiger partial charge in [0.1, 0.15) is 29.6 Å². The second kappa shape index (κ2) is 21.2. The van der Waals surface area contributed by atoms with E-state index in [0.717, 1.165) is 92.7 Å². The number of ether oxygens (including phenoxy) is 1. The first-order valence-electron chi connectivity index (χ1n) is 26.7. The summed E-state index contributed by atoms with van der Waals surface area (Å²) in [5.74, 6) is -1.67. The number of piperazine rings is 1. The van der Waals surface area contributed by atoms with Gasteiger partial charge in [-0.2, -0.15) is 0 Å². The van der Waals surface area contributed by atoms with Gasteiger partial charge < -0.3 is 34.7 Å². The number of hydrogen-bond donors (Lipinski definition) is 4. The first kappa shape index (κ1) is 53.4. The van der Waals surface area contributed by atoms with Crippen LogP contribution in [0, 0.1) is 0 Å². The fourth-order valence-corrected chi connectivity index (χ4v) is 14.5. The summed E-state index contributed by atoms with van der Waals surface area (Å²) in [6.07, 6.45) is 9.20. The van der Waals surface area contributed by atoms with Crippen molar-refractivity contribution < 1.29 is 52.7 Å². The molecule has 21 nitrogen and oxygen atoms in total. The van der Waals surface area contributed by atoms with Gasteiger partial charge in [-0.15, -0.1) is 11.3 Å². The number of aryl methyl sites for hydroxylation is 1. The van der Waals surface area contributed by atoms with E-state index in [1.807, 2.05) is 30.5 Å². The summed E-state index contributed by atoms with van der Waals surface area (Å²) in [7, 11) is -3.51. The van der Waals surface area contributed by atoms with Gasteiger partial charge in [-0.3, -0.25) is 48.1 Å². The Morgan fingerprint density at radius 3 is 2.28 bits per heavy atom. The van der Waals surface area contributed by atoms with Crippen LogP contribution in [-0.4, -0.2) is 144 Å². The minimum Gasteiger partial charge on any atom is -0.480 e. The van der Waals surface area contributed by atoms with Crippen LogP contribution in [-0.2, 0) is 37.9 Å². The van der Waals surface area contributed by atoms with Gasteiger partial charge in [0.05, 0.1) is 41.1 Å². The number of amides is 5. The van der Waals surface area contributed by atoms with Crippen molar-refractivity contribution in [3.05, 3.63) is 98.6 Å². The van der Waals surface area contributed by atoms with E-state index in [1.54, 1.807) is 54.8 Å². The summed E-state index contributed by atoms with van der Waals surface area (Å²) in [5.41, 5.74) is 7.17. The third-order valence-electron chi connectivity index (χ3n) is 16.3. The molecule has 1 aromatic carbocycles. The van der Waals surface area contributed by atoms with Gasteiger partial charge in [0.2, 0.25) is 11.8 Å². The van der Waals surface area contributed by atoms with Crippen LogP contribution in [0.2, 0.25) is 0 Å². The van der Waals surface area contributed by atoms with E-state index in [1.165, 1.54) is 16.0 Å². The van der Waals surface area contributed by atoms with E-state index in [-0.39, 0.29) is 42.0 Å². The van der Waals surface area contributed by atoms with Gasteiger partial charge in [-0.1, -0.05) is 0 Å². The molecule has 410 valence electrons. The number of hydrogen-bond acceptors (Lipinski definition) is 17. The number of nitrogens with zero attached hydrogens (tertiary/aromatic N) is 9. The predicted molar refractivity (Wildman–Crippen MR) is 291 cm³/mol. The predicted octanol–water partition coefficient (Wildman–Crippen LogP) is 6.62. The number of aliphatic hydroxyl groups is 1. The summed E-state index contributed by atoms with van der Waals surface area (Å²) in [5, 5.41) is 14.7. The van der Waals surface area contributed by atoms with Gasteiger partial charge in [-0.25, -0.2) is 19.5 Å². The van der Waals surface area contributed by atoms with Crippen LogP contribution in [0.5, 0.6) is 5.88 Å². The average Bonchev–Trinajstić information content (AvgIpc) is 4.15. The average molecular weight is 1100 g/mol. The Morgan fingerprint density at radius 1 is 0.782 bits per heavy atom. The van der Waals surface area contributed by atoms with Gasteiger partial charge in [0, 0.05) is 91.4 Å². The molecule has 4 unspecified atom stereocenters. The lowest BCUT2D eigenvalue weighted by atomic mass is 9.91. The van der Waals surface area contributed by atoms with Crippen molar-refractivity contribution in [1.82, 2.24) is 29.7 Å². The number of rotatable bonds is 13. The van der Waals surface area contributed by atoms with Crippen molar-refractivity contribution >= 4 is 77.4 Å². The third kappa shape index (κ3) is 9.85. The van der Waals surface area contributed by atoms with Crippen molar-refractivity contribution in [3.63, 3.8) is 0 Å². The summed E-state index contributed by atoms with van der Waals surface area (Å²) < 4.78 is 21.8. The van der Waals surface area contributed by atoms with Crippen molar-refractivity contribution in [3.8, 4) is 17.0 Å². The Morgan fingerprint density at radius 2 is 1.55 bits per heavy atom. The molecule has 0 spiro atoms. The number of fused-ring (bicyclic) bond motifs is 4. The molecule has 5 aromatic rings. The number of carbonyl (C=O) groups excluding carboxylic acids is 5. The normalized spacial score (nSPS) is 22.9. The number of carbonyl (C=O) groups is 5. The first-order chi connectivity index (χ1) is 37.4. The highest BCUT2D eigenvalue weighted by Crippen LogP contribution is 2.44. The number of likely N-dealkylation sites (tertiary alicyclic amines) is 1. The number of imide groups is 2. The van der Waals surface area contributed by atoms with Gasteiger partial charge in [-0.05, 0) is 138 Å². The van der Waals surface area contributed by atoms with Crippen LogP contribution in [0.3, 0.4) is 0 Å². The van der Waals surface area contributed by atoms with Crippen molar-refractivity contribution in [1.29, 1.82) is 0 Å². The molecule has 11 rings (SSSR count). The lowest BCUT2D eigenvalue weighted by molar-refractivity contribution is -0.161.